The van der Waals surface area contributed by atoms with E-state index in [0.717, 1.165) is 11.1 Å². The number of benzene rings is 1. The third kappa shape index (κ3) is 2.13. The minimum Gasteiger partial charge on any atom is -0.481 e. The molecule has 22 heavy (non-hydrogen) atoms. The van der Waals surface area contributed by atoms with Gasteiger partial charge in [0.15, 0.2) is 0 Å². The van der Waals surface area contributed by atoms with Crippen molar-refractivity contribution >= 4 is 11.9 Å². The quantitative estimate of drug-likeness (QED) is 0.913. The predicted molar refractivity (Wildman–Crippen MR) is 81.2 cm³/mol. The first-order chi connectivity index (χ1) is 10.7. The fourth-order valence-corrected chi connectivity index (χ4v) is 4.56. The highest BCUT2D eigenvalue weighted by molar-refractivity contribution is 5.85. The van der Waals surface area contributed by atoms with E-state index in [-0.39, 0.29) is 11.8 Å². The Morgan fingerprint density at radius 3 is 2.45 bits per heavy atom. The Labute approximate surface area is 130 Å². The Balaban J connectivity index is 1.57. The van der Waals surface area contributed by atoms with Gasteiger partial charge in [0, 0.05) is 19.0 Å². The lowest BCUT2D eigenvalue weighted by Gasteiger charge is -2.33. The van der Waals surface area contributed by atoms with E-state index >= 15 is 0 Å². The number of nitrogens with zero attached hydrogens (tertiary/aromatic N) is 1. The van der Waals surface area contributed by atoms with E-state index in [9.17, 15) is 14.7 Å². The number of rotatable bonds is 2. The molecule has 1 heterocycles. The average Bonchev–Trinajstić information content (AvgIpc) is 3.27. The van der Waals surface area contributed by atoms with Gasteiger partial charge in [-0.05, 0) is 35.8 Å². The summed E-state index contributed by atoms with van der Waals surface area (Å²) in [6.07, 6.45) is 4.83. The molecular weight excluding hydrogens is 278 g/mol. The molecule has 0 saturated heterocycles. The van der Waals surface area contributed by atoms with Crippen molar-refractivity contribution < 1.29 is 14.7 Å². The van der Waals surface area contributed by atoms with Gasteiger partial charge in [-0.25, -0.2) is 0 Å². The van der Waals surface area contributed by atoms with Crippen molar-refractivity contribution in [2.75, 3.05) is 6.54 Å². The van der Waals surface area contributed by atoms with Crippen LogP contribution in [0.2, 0.25) is 0 Å². The van der Waals surface area contributed by atoms with Crippen LogP contribution in [0.3, 0.4) is 0 Å². The molecule has 2 saturated carbocycles. The summed E-state index contributed by atoms with van der Waals surface area (Å²) < 4.78 is 0. The van der Waals surface area contributed by atoms with Crippen molar-refractivity contribution in [1.29, 1.82) is 0 Å². The molecule has 2 fully saturated rings. The molecule has 0 bridgehead atoms. The van der Waals surface area contributed by atoms with E-state index in [0.29, 0.717) is 24.9 Å². The summed E-state index contributed by atoms with van der Waals surface area (Å²) in [6, 6.07) is 7.63. The highest BCUT2D eigenvalue weighted by atomic mass is 16.4. The topological polar surface area (TPSA) is 57.6 Å². The molecule has 3 atom stereocenters. The molecule has 2 aliphatic carbocycles. The van der Waals surface area contributed by atoms with E-state index in [1.807, 2.05) is 24.3 Å². The summed E-state index contributed by atoms with van der Waals surface area (Å²) in [5.41, 5.74) is 1.85. The van der Waals surface area contributed by atoms with Gasteiger partial charge in [-0.1, -0.05) is 37.1 Å². The molecule has 4 heteroatoms. The molecule has 116 valence electrons. The van der Waals surface area contributed by atoms with Gasteiger partial charge < -0.3 is 10.0 Å². The molecule has 0 radical (unpaired) electrons. The third-order valence-corrected chi connectivity index (χ3v) is 5.75. The fourth-order valence-electron chi connectivity index (χ4n) is 4.56. The molecule has 4 nitrogen and oxygen atoms in total. The van der Waals surface area contributed by atoms with Gasteiger partial charge in [0.25, 0.3) is 0 Å². The molecule has 4 rings (SSSR count). The third-order valence-electron chi connectivity index (χ3n) is 5.75. The molecular formula is C18H21NO3. The number of amides is 1. The van der Waals surface area contributed by atoms with Gasteiger partial charge in [-0.2, -0.15) is 0 Å². The van der Waals surface area contributed by atoms with Crippen molar-refractivity contribution in [1.82, 2.24) is 4.90 Å². The van der Waals surface area contributed by atoms with Crippen LogP contribution < -0.4 is 0 Å². The van der Waals surface area contributed by atoms with E-state index < -0.39 is 11.9 Å². The van der Waals surface area contributed by atoms with E-state index in [1.54, 1.807) is 4.90 Å². The van der Waals surface area contributed by atoms with Crippen LogP contribution in [0.4, 0.5) is 0 Å². The van der Waals surface area contributed by atoms with E-state index in [4.69, 9.17) is 0 Å². The van der Waals surface area contributed by atoms with Gasteiger partial charge >= 0.3 is 5.97 Å². The standard InChI is InChI=1S/C18H21NO3/c20-17(16-13-7-3-4-8-14(13)16)19-9-11-5-1-2-6-12(11)15(10-19)18(21)22/h1-2,5-6,13-16H,3-4,7-10H2,(H,21,22). The van der Waals surface area contributed by atoms with Crippen LogP contribution >= 0.6 is 0 Å². The molecule has 1 amide bonds. The number of carboxylic acid groups (broad SMARTS) is 1. The van der Waals surface area contributed by atoms with Crippen LogP contribution in [-0.2, 0) is 16.1 Å². The van der Waals surface area contributed by atoms with Crippen molar-refractivity contribution in [2.24, 2.45) is 17.8 Å². The van der Waals surface area contributed by atoms with Crippen LogP contribution in [0.25, 0.3) is 0 Å². The molecule has 1 aromatic carbocycles. The molecule has 3 unspecified atom stereocenters. The Kier molecular flexibility index (Phi) is 3.21. The lowest BCUT2D eigenvalue weighted by atomic mass is 9.89. The maximum Gasteiger partial charge on any atom is 0.312 e. The Hall–Kier alpha value is -1.84. The fraction of sp³-hybridized carbons (Fsp3) is 0.556. The van der Waals surface area contributed by atoms with Crippen molar-refractivity contribution in [3.05, 3.63) is 35.4 Å². The first-order valence-electron chi connectivity index (χ1n) is 8.26. The second-order valence-electron chi connectivity index (χ2n) is 6.95. The first kappa shape index (κ1) is 13.8. The monoisotopic (exact) mass is 299 g/mol. The van der Waals surface area contributed by atoms with Crippen molar-refractivity contribution in [3.63, 3.8) is 0 Å². The molecule has 3 aliphatic rings. The Morgan fingerprint density at radius 1 is 1.09 bits per heavy atom. The zero-order valence-corrected chi connectivity index (χ0v) is 12.6. The number of hydrogen-bond donors (Lipinski definition) is 1. The summed E-state index contributed by atoms with van der Waals surface area (Å²) in [6.45, 7) is 0.885. The second-order valence-corrected chi connectivity index (χ2v) is 6.95. The Bertz CT molecular complexity index is 615. The number of carbonyl (C=O) groups excluding carboxylic acids is 1. The van der Waals surface area contributed by atoms with E-state index in [1.165, 1.54) is 25.7 Å². The lowest BCUT2D eigenvalue weighted by Crippen LogP contribution is -2.41. The van der Waals surface area contributed by atoms with Crippen LogP contribution in [0, 0.1) is 17.8 Å². The second kappa shape index (κ2) is 5.11. The van der Waals surface area contributed by atoms with Gasteiger partial charge in [-0.15, -0.1) is 0 Å². The Morgan fingerprint density at radius 2 is 1.77 bits per heavy atom. The van der Waals surface area contributed by atoms with Crippen molar-refractivity contribution in [2.45, 2.75) is 38.1 Å². The lowest BCUT2D eigenvalue weighted by molar-refractivity contribution is -0.142. The number of carboxylic acids is 1. The molecule has 1 aliphatic heterocycles. The predicted octanol–water partition coefficient (Wildman–Crippen LogP) is 2.63. The molecule has 1 aromatic rings. The first-order valence-corrected chi connectivity index (χ1v) is 8.26. The largest absolute Gasteiger partial charge is 0.481 e. The van der Waals surface area contributed by atoms with E-state index in [2.05, 4.69) is 0 Å². The summed E-state index contributed by atoms with van der Waals surface area (Å²) in [4.78, 5) is 26.2. The minimum absolute atomic E-state index is 0.169. The van der Waals surface area contributed by atoms with Gasteiger partial charge in [-0.3, -0.25) is 9.59 Å². The summed E-state index contributed by atoms with van der Waals surface area (Å²) in [7, 11) is 0. The number of aliphatic carboxylic acids is 1. The molecule has 0 aromatic heterocycles. The number of carbonyl (C=O) groups is 2. The minimum atomic E-state index is -0.835. The average molecular weight is 299 g/mol. The van der Waals surface area contributed by atoms with Gasteiger partial charge in [0.2, 0.25) is 5.91 Å². The van der Waals surface area contributed by atoms with Crippen LogP contribution in [-0.4, -0.2) is 28.4 Å². The highest BCUT2D eigenvalue weighted by Crippen LogP contribution is 2.56. The van der Waals surface area contributed by atoms with Crippen LogP contribution in [0.15, 0.2) is 24.3 Å². The maximum atomic E-state index is 12.8. The van der Waals surface area contributed by atoms with Gasteiger partial charge in [0.1, 0.15) is 0 Å². The summed E-state index contributed by atoms with van der Waals surface area (Å²) in [5, 5.41) is 9.51. The SMILES string of the molecule is O=C(O)C1CN(C(=O)C2C3CCCCC32)Cc2ccccc21. The maximum absolute atomic E-state index is 12.8. The molecule has 0 spiro atoms. The number of hydrogen-bond acceptors (Lipinski definition) is 2. The normalized spacial score (nSPS) is 32.8. The smallest absolute Gasteiger partial charge is 0.312 e. The summed E-state index contributed by atoms with van der Waals surface area (Å²) in [5.74, 6) is 0.0797. The zero-order chi connectivity index (χ0) is 15.3. The van der Waals surface area contributed by atoms with Crippen molar-refractivity contribution in [3.8, 4) is 0 Å². The van der Waals surface area contributed by atoms with Crippen LogP contribution in [0.5, 0.6) is 0 Å². The van der Waals surface area contributed by atoms with Crippen LogP contribution in [0.1, 0.15) is 42.7 Å². The molecule has 1 N–H and O–H groups in total. The number of fused-ring (bicyclic) bond motifs is 2. The highest BCUT2D eigenvalue weighted by Gasteiger charge is 2.56. The van der Waals surface area contributed by atoms with Gasteiger partial charge in [0.05, 0.1) is 5.92 Å². The zero-order valence-electron chi connectivity index (χ0n) is 12.6. The summed E-state index contributed by atoms with van der Waals surface area (Å²) >= 11 is 0.